The van der Waals surface area contributed by atoms with Crippen molar-refractivity contribution in [2.75, 3.05) is 23.3 Å². The number of para-hydroxylation sites is 2. The highest BCUT2D eigenvalue weighted by Gasteiger charge is 2.13. The van der Waals surface area contributed by atoms with Crippen molar-refractivity contribution in [1.82, 2.24) is 0 Å². The molecule has 0 radical (unpaired) electrons. The normalized spacial score (nSPS) is 16.6. The van der Waals surface area contributed by atoms with Crippen LogP contribution in [0, 0.1) is 0 Å². The van der Waals surface area contributed by atoms with E-state index in [9.17, 15) is 0 Å². The van der Waals surface area contributed by atoms with Crippen molar-refractivity contribution in [3.05, 3.63) is 24.3 Å². The molecule has 1 N–H and O–H groups in total. The summed E-state index contributed by atoms with van der Waals surface area (Å²) in [5, 5.41) is 3.53. The summed E-state index contributed by atoms with van der Waals surface area (Å²) in [4.78, 5) is 2.51. The van der Waals surface area contributed by atoms with E-state index in [0.717, 1.165) is 0 Å². The van der Waals surface area contributed by atoms with Gasteiger partial charge >= 0.3 is 0 Å². The minimum Gasteiger partial charge on any atom is -0.381 e. The summed E-state index contributed by atoms with van der Waals surface area (Å²) in [5.41, 5.74) is 2.65. The molecule has 2 rings (SSSR count). The first-order valence-corrected chi connectivity index (χ1v) is 6.38. The number of benzene rings is 1. The molecule has 1 aliphatic rings. The third kappa shape index (κ3) is 2.69. The summed E-state index contributed by atoms with van der Waals surface area (Å²) < 4.78 is 0. The average Bonchev–Trinajstić information content (AvgIpc) is 2.30. The molecule has 0 atom stereocenters. The lowest BCUT2D eigenvalue weighted by molar-refractivity contribution is 0.578. The van der Waals surface area contributed by atoms with Gasteiger partial charge < -0.3 is 10.2 Å². The lowest BCUT2D eigenvalue weighted by Gasteiger charge is -2.31. The van der Waals surface area contributed by atoms with Crippen LogP contribution in [0.2, 0.25) is 0 Å². The Balaban J connectivity index is 2.17. The van der Waals surface area contributed by atoms with Crippen LogP contribution in [0.15, 0.2) is 24.3 Å². The smallest absolute Gasteiger partial charge is 0.0602 e. The molecule has 0 amide bonds. The number of nitrogens with one attached hydrogen (secondary N) is 1. The predicted molar refractivity (Wildman–Crippen MR) is 71.3 cm³/mol. The van der Waals surface area contributed by atoms with Gasteiger partial charge in [0.2, 0.25) is 0 Å². The van der Waals surface area contributed by atoms with E-state index in [-0.39, 0.29) is 0 Å². The van der Waals surface area contributed by atoms with E-state index in [1.54, 1.807) is 0 Å². The molecule has 1 aromatic rings. The summed E-state index contributed by atoms with van der Waals surface area (Å²) in [5.74, 6) is 0. The fraction of sp³-hybridized carbons (Fsp3) is 0.571. The van der Waals surface area contributed by atoms with Crippen molar-refractivity contribution < 1.29 is 0 Å². The molecular weight excluding hydrogens is 196 g/mol. The summed E-state index contributed by atoms with van der Waals surface area (Å²) in [6, 6.07) is 9.15. The van der Waals surface area contributed by atoms with Crippen molar-refractivity contribution in [1.29, 1.82) is 0 Å². The first-order chi connectivity index (χ1) is 7.77. The number of hydrogen-bond acceptors (Lipinski definition) is 2. The van der Waals surface area contributed by atoms with Gasteiger partial charge in [0, 0.05) is 19.1 Å². The molecule has 88 valence electrons. The van der Waals surface area contributed by atoms with Gasteiger partial charge in [0.25, 0.3) is 0 Å². The second-order valence-corrected chi connectivity index (χ2v) is 4.86. The van der Waals surface area contributed by atoms with Crippen LogP contribution in [-0.2, 0) is 0 Å². The van der Waals surface area contributed by atoms with E-state index in [1.807, 2.05) is 0 Å². The van der Waals surface area contributed by atoms with E-state index in [1.165, 1.54) is 43.7 Å². The Morgan fingerprint density at radius 3 is 2.44 bits per heavy atom. The highest BCUT2D eigenvalue weighted by molar-refractivity contribution is 5.70. The molecule has 1 fully saturated rings. The Labute approximate surface area is 98.7 Å². The summed E-state index contributed by atoms with van der Waals surface area (Å²) in [6.07, 6.45) is 4.04. The van der Waals surface area contributed by atoms with Crippen LogP contribution in [0.1, 0.15) is 33.1 Å². The van der Waals surface area contributed by atoms with E-state index in [0.29, 0.717) is 6.04 Å². The van der Waals surface area contributed by atoms with Crippen molar-refractivity contribution in [3.8, 4) is 0 Å². The molecule has 0 aliphatic carbocycles. The molecule has 0 bridgehead atoms. The molecule has 0 saturated carbocycles. The van der Waals surface area contributed by atoms with Crippen LogP contribution in [0.5, 0.6) is 0 Å². The van der Waals surface area contributed by atoms with Crippen LogP contribution in [0.4, 0.5) is 11.4 Å². The first kappa shape index (κ1) is 11.3. The highest BCUT2D eigenvalue weighted by Crippen LogP contribution is 2.28. The zero-order chi connectivity index (χ0) is 11.4. The third-order valence-electron chi connectivity index (χ3n) is 3.04. The fourth-order valence-electron chi connectivity index (χ4n) is 2.32. The maximum absolute atomic E-state index is 3.53. The van der Waals surface area contributed by atoms with Gasteiger partial charge in [-0.3, -0.25) is 0 Å². The Morgan fingerprint density at radius 2 is 1.75 bits per heavy atom. The van der Waals surface area contributed by atoms with E-state index < -0.39 is 0 Å². The fourth-order valence-corrected chi connectivity index (χ4v) is 2.32. The van der Waals surface area contributed by atoms with Crippen LogP contribution < -0.4 is 10.2 Å². The maximum atomic E-state index is 3.53. The molecule has 0 aromatic heterocycles. The first-order valence-electron chi connectivity index (χ1n) is 6.38. The SMILES string of the molecule is CC(C)Nc1ccccc1N1CCCCC1. The van der Waals surface area contributed by atoms with Gasteiger partial charge in [-0.1, -0.05) is 12.1 Å². The number of piperidine rings is 1. The van der Waals surface area contributed by atoms with E-state index in [2.05, 4.69) is 48.3 Å². The van der Waals surface area contributed by atoms with Gasteiger partial charge in [0.15, 0.2) is 0 Å². The number of hydrogen-bond donors (Lipinski definition) is 1. The maximum Gasteiger partial charge on any atom is 0.0602 e. The van der Waals surface area contributed by atoms with Gasteiger partial charge in [-0.15, -0.1) is 0 Å². The van der Waals surface area contributed by atoms with Gasteiger partial charge in [-0.25, -0.2) is 0 Å². The van der Waals surface area contributed by atoms with Crippen LogP contribution in [-0.4, -0.2) is 19.1 Å². The van der Waals surface area contributed by atoms with Crippen LogP contribution in [0.3, 0.4) is 0 Å². The Hall–Kier alpha value is -1.18. The Bertz CT molecular complexity index is 327. The topological polar surface area (TPSA) is 15.3 Å². The van der Waals surface area contributed by atoms with Crippen molar-refractivity contribution in [2.45, 2.75) is 39.2 Å². The quantitative estimate of drug-likeness (QED) is 0.835. The zero-order valence-electron chi connectivity index (χ0n) is 10.4. The Kier molecular flexibility index (Phi) is 3.70. The van der Waals surface area contributed by atoms with Crippen molar-refractivity contribution in [2.24, 2.45) is 0 Å². The molecular formula is C14H22N2. The Morgan fingerprint density at radius 1 is 1.06 bits per heavy atom. The molecule has 1 heterocycles. The van der Waals surface area contributed by atoms with Gasteiger partial charge in [-0.2, -0.15) is 0 Å². The number of anilines is 2. The lowest BCUT2D eigenvalue weighted by atomic mass is 10.1. The van der Waals surface area contributed by atoms with Gasteiger partial charge in [-0.05, 0) is 45.2 Å². The largest absolute Gasteiger partial charge is 0.381 e. The van der Waals surface area contributed by atoms with Crippen LogP contribution in [0.25, 0.3) is 0 Å². The standard InChI is InChI=1S/C14H22N2/c1-12(2)15-13-8-4-5-9-14(13)16-10-6-3-7-11-16/h4-5,8-9,12,15H,3,6-7,10-11H2,1-2H3. The van der Waals surface area contributed by atoms with Crippen molar-refractivity contribution in [3.63, 3.8) is 0 Å². The van der Waals surface area contributed by atoms with E-state index in [4.69, 9.17) is 0 Å². The lowest BCUT2D eigenvalue weighted by Crippen LogP contribution is -2.30. The molecule has 0 spiro atoms. The summed E-state index contributed by atoms with van der Waals surface area (Å²) >= 11 is 0. The second-order valence-electron chi connectivity index (χ2n) is 4.86. The molecule has 1 aliphatic heterocycles. The zero-order valence-corrected chi connectivity index (χ0v) is 10.4. The average molecular weight is 218 g/mol. The molecule has 2 heteroatoms. The van der Waals surface area contributed by atoms with Crippen LogP contribution >= 0.6 is 0 Å². The van der Waals surface area contributed by atoms with Gasteiger partial charge in [0.1, 0.15) is 0 Å². The molecule has 0 unspecified atom stereocenters. The minimum atomic E-state index is 0.492. The second kappa shape index (κ2) is 5.24. The van der Waals surface area contributed by atoms with E-state index >= 15 is 0 Å². The number of rotatable bonds is 3. The van der Waals surface area contributed by atoms with Crippen molar-refractivity contribution >= 4 is 11.4 Å². The molecule has 2 nitrogen and oxygen atoms in total. The monoisotopic (exact) mass is 218 g/mol. The summed E-state index contributed by atoms with van der Waals surface area (Å²) in [6.45, 7) is 6.79. The third-order valence-corrected chi connectivity index (χ3v) is 3.04. The molecule has 16 heavy (non-hydrogen) atoms. The summed E-state index contributed by atoms with van der Waals surface area (Å²) in [7, 11) is 0. The number of nitrogens with zero attached hydrogens (tertiary/aromatic N) is 1. The predicted octanol–water partition coefficient (Wildman–Crippen LogP) is 3.50. The van der Waals surface area contributed by atoms with Gasteiger partial charge in [0.05, 0.1) is 11.4 Å². The minimum absolute atomic E-state index is 0.492. The molecule has 1 aromatic carbocycles. The highest BCUT2D eigenvalue weighted by atomic mass is 15.1. The molecule has 1 saturated heterocycles.